The molecule has 0 radical (unpaired) electrons. The van der Waals surface area contributed by atoms with Crippen molar-refractivity contribution in [3.63, 3.8) is 0 Å². The zero-order valence-corrected chi connectivity index (χ0v) is 12.8. The number of hydrogen-bond acceptors (Lipinski definition) is 5. The van der Waals surface area contributed by atoms with Crippen LogP contribution in [0.3, 0.4) is 0 Å². The Hall–Kier alpha value is -0.780. The normalized spacial score (nSPS) is 15.0. The highest BCUT2D eigenvalue weighted by Gasteiger charge is 2.19. The number of hydrogen-bond donors (Lipinski definition) is 1. The molecule has 1 fully saturated rings. The van der Waals surface area contributed by atoms with Crippen molar-refractivity contribution in [2.24, 2.45) is 0 Å². The Balaban J connectivity index is 1.52. The molecule has 2 aromatic heterocycles. The van der Waals surface area contributed by atoms with Crippen LogP contribution in [-0.2, 0) is 12.8 Å². The van der Waals surface area contributed by atoms with Crippen LogP contribution in [0.4, 0.5) is 0 Å². The molecule has 0 amide bonds. The van der Waals surface area contributed by atoms with Crippen LogP contribution in [0.5, 0.6) is 0 Å². The summed E-state index contributed by atoms with van der Waals surface area (Å²) in [5.74, 6) is 0. The molecule has 1 aliphatic carbocycles. The first kappa shape index (κ1) is 13.2. The van der Waals surface area contributed by atoms with E-state index < -0.39 is 0 Å². The maximum absolute atomic E-state index is 4.32. The highest BCUT2D eigenvalue weighted by Crippen LogP contribution is 2.30. The molecule has 0 bridgehead atoms. The van der Waals surface area contributed by atoms with Crippen molar-refractivity contribution in [1.82, 2.24) is 15.5 Å². The van der Waals surface area contributed by atoms with Crippen LogP contribution in [0, 0.1) is 0 Å². The summed E-state index contributed by atoms with van der Waals surface area (Å²) in [6.07, 6.45) is 6.03. The Morgan fingerprint density at radius 1 is 1.26 bits per heavy atom. The third-order valence-corrected chi connectivity index (χ3v) is 5.65. The molecule has 3 rings (SSSR count). The van der Waals surface area contributed by atoms with Crippen molar-refractivity contribution in [2.75, 3.05) is 6.54 Å². The van der Waals surface area contributed by atoms with Gasteiger partial charge in [0, 0.05) is 17.3 Å². The molecular weight excluding hydrogens is 274 g/mol. The van der Waals surface area contributed by atoms with Crippen LogP contribution in [0.2, 0.25) is 0 Å². The second-order valence-corrected chi connectivity index (χ2v) is 7.18. The molecule has 0 saturated heterocycles. The van der Waals surface area contributed by atoms with E-state index >= 15 is 0 Å². The predicted octanol–water partition coefficient (Wildman–Crippen LogP) is 3.51. The topological polar surface area (TPSA) is 37.8 Å². The molecule has 1 aliphatic rings. The largest absolute Gasteiger partial charge is 0.314 e. The monoisotopic (exact) mass is 293 g/mol. The molecule has 2 heterocycles. The number of aryl methyl sites for hydroxylation is 2. The van der Waals surface area contributed by atoms with Crippen LogP contribution < -0.4 is 5.32 Å². The van der Waals surface area contributed by atoms with Gasteiger partial charge in [-0.15, -0.1) is 21.5 Å². The summed E-state index contributed by atoms with van der Waals surface area (Å²) in [6.45, 7) is 3.30. The van der Waals surface area contributed by atoms with Crippen LogP contribution in [0.15, 0.2) is 12.1 Å². The van der Waals surface area contributed by atoms with E-state index in [1.165, 1.54) is 27.6 Å². The smallest absolute Gasteiger partial charge is 0.157 e. The molecule has 0 aromatic carbocycles. The maximum Gasteiger partial charge on any atom is 0.157 e. The van der Waals surface area contributed by atoms with Gasteiger partial charge in [0.2, 0.25) is 0 Å². The van der Waals surface area contributed by atoms with E-state index in [0.717, 1.165) is 36.9 Å². The molecule has 19 heavy (non-hydrogen) atoms. The second kappa shape index (κ2) is 6.11. The Morgan fingerprint density at radius 3 is 2.89 bits per heavy atom. The average molecular weight is 293 g/mol. The lowest BCUT2D eigenvalue weighted by Gasteiger charge is -1.99. The quantitative estimate of drug-likeness (QED) is 0.794. The fourth-order valence-electron chi connectivity index (χ4n) is 1.97. The lowest BCUT2D eigenvalue weighted by atomic mass is 10.3. The molecule has 0 atom stereocenters. The van der Waals surface area contributed by atoms with Gasteiger partial charge in [-0.05, 0) is 44.4 Å². The Kier molecular flexibility index (Phi) is 4.25. The van der Waals surface area contributed by atoms with Gasteiger partial charge in [0.1, 0.15) is 5.01 Å². The minimum atomic E-state index is 0.809. The minimum Gasteiger partial charge on any atom is -0.314 e. The third kappa shape index (κ3) is 3.61. The molecule has 1 saturated carbocycles. The van der Waals surface area contributed by atoms with Gasteiger partial charge < -0.3 is 5.32 Å². The number of nitrogens with zero attached hydrogens (tertiary/aromatic N) is 2. The molecular formula is C14H19N3S2. The predicted molar refractivity (Wildman–Crippen MR) is 81.9 cm³/mol. The summed E-state index contributed by atoms with van der Waals surface area (Å²) < 4.78 is 0. The van der Waals surface area contributed by atoms with E-state index in [-0.39, 0.29) is 0 Å². The van der Waals surface area contributed by atoms with E-state index in [9.17, 15) is 0 Å². The number of rotatable bonds is 7. The van der Waals surface area contributed by atoms with Gasteiger partial charge in [-0.2, -0.15) is 0 Å². The Morgan fingerprint density at radius 2 is 2.16 bits per heavy atom. The summed E-state index contributed by atoms with van der Waals surface area (Å²) >= 11 is 3.58. The molecule has 0 aliphatic heterocycles. The fourth-order valence-corrected chi connectivity index (χ4v) is 3.85. The summed E-state index contributed by atoms with van der Waals surface area (Å²) in [7, 11) is 0. The number of thiophene rings is 1. The van der Waals surface area contributed by atoms with E-state index in [2.05, 4.69) is 34.6 Å². The van der Waals surface area contributed by atoms with Crippen molar-refractivity contribution in [1.29, 1.82) is 0 Å². The molecule has 5 heteroatoms. The summed E-state index contributed by atoms with van der Waals surface area (Å²) in [6, 6.07) is 5.17. The first-order valence-corrected chi connectivity index (χ1v) is 8.63. The SMILES string of the molecule is CCc1ccc(-c2nnc(CCCNC3CC3)s2)s1. The molecule has 2 aromatic rings. The van der Waals surface area contributed by atoms with Crippen LogP contribution in [0.25, 0.3) is 9.88 Å². The van der Waals surface area contributed by atoms with E-state index in [1.54, 1.807) is 11.3 Å². The number of aromatic nitrogens is 2. The standard InChI is InChI=1S/C14H19N3S2/c1-2-11-7-8-12(18-11)14-17-16-13(19-14)4-3-9-15-10-5-6-10/h7-8,10,15H,2-6,9H2,1H3. The van der Waals surface area contributed by atoms with Crippen molar-refractivity contribution in [3.8, 4) is 9.88 Å². The van der Waals surface area contributed by atoms with E-state index in [0.29, 0.717) is 0 Å². The zero-order valence-electron chi connectivity index (χ0n) is 11.2. The summed E-state index contributed by atoms with van der Waals surface area (Å²) in [5.41, 5.74) is 0. The van der Waals surface area contributed by atoms with Gasteiger partial charge in [-0.25, -0.2) is 0 Å². The summed E-state index contributed by atoms with van der Waals surface area (Å²) in [5, 5.41) is 14.4. The fraction of sp³-hybridized carbons (Fsp3) is 0.571. The van der Waals surface area contributed by atoms with Crippen LogP contribution in [-0.4, -0.2) is 22.8 Å². The van der Waals surface area contributed by atoms with Gasteiger partial charge in [0.25, 0.3) is 0 Å². The molecule has 0 spiro atoms. The van der Waals surface area contributed by atoms with E-state index in [1.807, 2.05) is 11.3 Å². The van der Waals surface area contributed by atoms with Gasteiger partial charge in [0.15, 0.2) is 5.01 Å². The lowest BCUT2D eigenvalue weighted by molar-refractivity contribution is 0.643. The Labute approximate surface area is 122 Å². The highest BCUT2D eigenvalue weighted by atomic mass is 32.1. The summed E-state index contributed by atoms with van der Waals surface area (Å²) in [4.78, 5) is 2.68. The number of nitrogens with one attached hydrogen (secondary N) is 1. The van der Waals surface area contributed by atoms with Crippen molar-refractivity contribution in [2.45, 2.75) is 45.1 Å². The van der Waals surface area contributed by atoms with Crippen LogP contribution >= 0.6 is 22.7 Å². The third-order valence-electron chi connectivity index (χ3n) is 3.27. The van der Waals surface area contributed by atoms with Gasteiger partial charge in [-0.1, -0.05) is 18.3 Å². The van der Waals surface area contributed by atoms with Gasteiger partial charge >= 0.3 is 0 Å². The minimum absolute atomic E-state index is 0.809. The molecule has 3 nitrogen and oxygen atoms in total. The first-order chi connectivity index (χ1) is 9.35. The van der Waals surface area contributed by atoms with Crippen molar-refractivity contribution < 1.29 is 0 Å². The second-order valence-electron chi connectivity index (χ2n) is 4.95. The zero-order chi connectivity index (χ0) is 13.1. The highest BCUT2D eigenvalue weighted by molar-refractivity contribution is 7.21. The maximum atomic E-state index is 4.32. The average Bonchev–Trinajstić information content (AvgIpc) is 2.94. The molecule has 0 unspecified atom stereocenters. The first-order valence-electron chi connectivity index (χ1n) is 7.00. The lowest BCUT2D eigenvalue weighted by Crippen LogP contribution is -2.17. The Bertz CT molecular complexity index is 528. The van der Waals surface area contributed by atoms with Gasteiger partial charge in [0.05, 0.1) is 4.88 Å². The molecule has 1 N–H and O–H groups in total. The van der Waals surface area contributed by atoms with Gasteiger partial charge in [-0.3, -0.25) is 0 Å². The van der Waals surface area contributed by atoms with Crippen LogP contribution in [0.1, 0.15) is 36.1 Å². The van der Waals surface area contributed by atoms with Crippen molar-refractivity contribution >= 4 is 22.7 Å². The van der Waals surface area contributed by atoms with E-state index in [4.69, 9.17) is 0 Å². The molecule has 102 valence electrons. The van der Waals surface area contributed by atoms with Crippen molar-refractivity contribution in [3.05, 3.63) is 22.0 Å².